The summed E-state index contributed by atoms with van der Waals surface area (Å²) in [5, 5.41) is 3.54. The number of pyridine rings is 1. The lowest BCUT2D eigenvalue weighted by Gasteiger charge is -2.34. The molecule has 0 unspecified atom stereocenters. The molecule has 200 valence electrons. The third-order valence-electron chi connectivity index (χ3n) is 7.48. The Hall–Kier alpha value is -3.99. The largest absolute Gasteiger partial charge is 0.380 e. The molecule has 1 N–H and O–H groups in total. The van der Waals surface area contributed by atoms with Gasteiger partial charge in [0.2, 0.25) is 5.91 Å². The average molecular weight is 530 g/mol. The van der Waals surface area contributed by atoms with E-state index < -0.39 is 11.4 Å². The molecule has 2 fully saturated rings. The Morgan fingerprint density at radius 2 is 1.92 bits per heavy atom. The van der Waals surface area contributed by atoms with Crippen molar-refractivity contribution < 1.29 is 18.7 Å². The number of carbonyl (C=O) groups excluding carboxylic acids is 1. The Morgan fingerprint density at radius 1 is 1.10 bits per heavy atom. The third-order valence-corrected chi connectivity index (χ3v) is 7.48. The van der Waals surface area contributed by atoms with Gasteiger partial charge in [-0.15, -0.1) is 0 Å². The number of aromatic nitrogens is 3. The van der Waals surface area contributed by atoms with E-state index in [1.165, 1.54) is 17.0 Å². The van der Waals surface area contributed by atoms with E-state index in [9.17, 15) is 14.0 Å². The molecule has 39 heavy (non-hydrogen) atoms. The average Bonchev–Trinajstić information content (AvgIpc) is 3.77. The lowest BCUT2D eigenvalue weighted by molar-refractivity contribution is -0.124. The number of anilines is 1. The monoisotopic (exact) mass is 529 g/mol. The van der Waals surface area contributed by atoms with E-state index >= 15 is 0 Å². The molecule has 0 bridgehead atoms. The zero-order valence-electron chi connectivity index (χ0n) is 21.5. The highest BCUT2D eigenvalue weighted by molar-refractivity contribution is 6.01. The van der Waals surface area contributed by atoms with E-state index in [0.717, 1.165) is 37.7 Å². The highest BCUT2D eigenvalue weighted by Crippen LogP contribution is 2.43. The van der Waals surface area contributed by atoms with Crippen molar-refractivity contribution in [3.63, 3.8) is 0 Å². The Labute approximate surface area is 224 Å². The number of halogens is 1. The van der Waals surface area contributed by atoms with E-state index in [0.29, 0.717) is 53.2 Å². The molecule has 2 aromatic heterocycles. The third kappa shape index (κ3) is 4.82. The minimum absolute atomic E-state index is 0.0535. The van der Waals surface area contributed by atoms with Crippen LogP contribution in [0, 0.1) is 5.82 Å². The smallest absolute Gasteiger partial charge is 0.265 e. The molecular weight excluding hydrogens is 501 g/mol. The van der Waals surface area contributed by atoms with Crippen LogP contribution < -0.4 is 10.9 Å². The van der Waals surface area contributed by atoms with E-state index in [4.69, 9.17) is 9.47 Å². The van der Waals surface area contributed by atoms with E-state index in [-0.39, 0.29) is 11.5 Å². The molecule has 4 aromatic rings. The van der Waals surface area contributed by atoms with Crippen molar-refractivity contribution in [1.29, 1.82) is 0 Å². The first-order valence-corrected chi connectivity index (χ1v) is 12.9. The fraction of sp³-hybridized carbons (Fsp3) is 0.310. The summed E-state index contributed by atoms with van der Waals surface area (Å²) in [4.78, 5) is 37.5. The van der Waals surface area contributed by atoms with Gasteiger partial charge in [0.05, 0.1) is 42.6 Å². The molecular formula is C29H28FN5O4. The lowest BCUT2D eigenvalue weighted by Crippen LogP contribution is -2.51. The summed E-state index contributed by atoms with van der Waals surface area (Å²) in [6.07, 6.45) is 5.78. The second-order valence-electron chi connectivity index (χ2n) is 9.90. The summed E-state index contributed by atoms with van der Waals surface area (Å²) in [6, 6.07) is 12.0. The molecule has 0 radical (unpaired) electrons. The maximum atomic E-state index is 13.7. The molecule has 1 amide bonds. The Balaban J connectivity index is 1.32. The van der Waals surface area contributed by atoms with Crippen LogP contribution in [0.3, 0.4) is 0 Å². The van der Waals surface area contributed by atoms with Crippen molar-refractivity contribution in [2.45, 2.75) is 25.0 Å². The fourth-order valence-corrected chi connectivity index (χ4v) is 5.20. The first-order valence-electron chi connectivity index (χ1n) is 12.9. The second kappa shape index (κ2) is 10.3. The molecule has 0 spiro atoms. The predicted octanol–water partition coefficient (Wildman–Crippen LogP) is 3.54. The molecule has 6 rings (SSSR count). The van der Waals surface area contributed by atoms with Gasteiger partial charge in [-0.3, -0.25) is 24.0 Å². The van der Waals surface area contributed by atoms with Gasteiger partial charge < -0.3 is 14.8 Å². The van der Waals surface area contributed by atoms with E-state index in [1.54, 1.807) is 43.6 Å². The molecule has 3 heterocycles. The van der Waals surface area contributed by atoms with Crippen LogP contribution in [0.2, 0.25) is 0 Å². The molecule has 0 atom stereocenters. The first-order chi connectivity index (χ1) is 19.0. The Morgan fingerprint density at radius 3 is 2.67 bits per heavy atom. The van der Waals surface area contributed by atoms with Crippen LogP contribution in [0.5, 0.6) is 0 Å². The number of nitrogens with one attached hydrogen (secondary N) is 1. The number of nitrogens with zero attached hydrogens (tertiary/aromatic N) is 4. The summed E-state index contributed by atoms with van der Waals surface area (Å²) in [5.41, 5.74) is 3.00. The number of hydrogen-bond acceptors (Lipinski definition) is 7. The lowest BCUT2D eigenvalue weighted by atomic mass is 10.1. The number of carbonyl (C=O) groups is 1. The number of amides is 1. The number of methoxy groups -OCH3 is 1. The summed E-state index contributed by atoms with van der Waals surface area (Å²) < 4.78 is 25.9. The molecule has 1 saturated carbocycles. The maximum absolute atomic E-state index is 13.7. The van der Waals surface area contributed by atoms with E-state index in [1.807, 2.05) is 6.07 Å². The zero-order chi connectivity index (χ0) is 27.0. The number of rotatable bonds is 7. The molecule has 9 nitrogen and oxygen atoms in total. The standard InChI is InChI=1S/C29H28FN5O4/c1-38-17-20-2-4-23(14-25(20)33-28(37)29(6-7-29)34-8-10-39-11-9-34)35-18-32-26-13-19(3-5-24(26)27(35)36)21-12-22(30)16-31-15-21/h2-5,12-16,18H,6-11,17H2,1H3,(H,33,37). The van der Waals surface area contributed by atoms with Gasteiger partial charge in [0.15, 0.2) is 0 Å². The topological polar surface area (TPSA) is 98.6 Å². The van der Waals surface area contributed by atoms with Gasteiger partial charge in [0.25, 0.3) is 5.56 Å². The van der Waals surface area contributed by atoms with Crippen LogP contribution in [-0.4, -0.2) is 64.3 Å². The SMILES string of the molecule is COCc1ccc(-n2cnc3cc(-c4cncc(F)c4)ccc3c2=O)cc1NC(=O)C1(N2CCOCC2)CC1. The number of benzene rings is 2. The fourth-order valence-electron chi connectivity index (χ4n) is 5.20. The normalized spacial score (nSPS) is 16.8. The number of ether oxygens (including phenoxy) is 2. The highest BCUT2D eigenvalue weighted by Gasteiger charge is 2.54. The first kappa shape index (κ1) is 25.3. The van der Waals surface area contributed by atoms with Crippen molar-refractivity contribution in [2.24, 2.45) is 0 Å². The van der Waals surface area contributed by atoms with Crippen LogP contribution in [0.25, 0.3) is 27.7 Å². The van der Waals surface area contributed by atoms with Gasteiger partial charge in [0, 0.05) is 43.2 Å². The molecule has 10 heteroatoms. The summed E-state index contributed by atoms with van der Waals surface area (Å²) in [5.74, 6) is -0.490. The molecule has 1 aliphatic heterocycles. The Kier molecular flexibility index (Phi) is 6.68. The van der Waals surface area contributed by atoms with E-state index in [2.05, 4.69) is 20.2 Å². The molecule has 1 aliphatic carbocycles. The molecule has 2 aliphatic rings. The molecule has 2 aromatic carbocycles. The summed E-state index contributed by atoms with van der Waals surface area (Å²) in [6.45, 7) is 3.01. The van der Waals surface area contributed by atoms with Crippen molar-refractivity contribution >= 4 is 22.5 Å². The van der Waals surface area contributed by atoms with Crippen molar-refractivity contribution in [1.82, 2.24) is 19.4 Å². The minimum Gasteiger partial charge on any atom is -0.380 e. The van der Waals surface area contributed by atoms with Crippen molar-refractivity contribution in [2.75, 3.05) is 38.7 Å². The minimum atomic E-state index is -0.514. The summed E-state index contributed by atoms with van der Waals surface area (Å²) in [7, 11) is 1.60. The van der Waals surface area contributed by atoms with Crippen LogP contribution in [0.1, 0.15) is 18.4 Å². The van der Waals surface area contributed by atoms with Gasteiger partial charge in [-0.05, 0) is 48.7 Å². The van der Waals surface area contributed by atoms with Gasteiger partial charge in [-0.2, -0.15) is 0 Å². The van der Waals surface area contributed by atoms with Gasteiger partial charge >= 0.3 is 0 Å². The van der Waals surface area contributed by atoms with Crippen molar-refractivity contribution in [3.05, 3.63) is 82.9 Å². The zero-order valence-corrected chi connectivity index (χ0v) is 21.5. The Bertz CT molecular complexity index is 1610. The predicted molar refractivity (Wildman–Crippen MR) is 144 cm³/mol. The highest BCUT2D eigenvalue weighted by atomic mass is 19.1. The second-order valence-corrected chi connectivity index (χ2v) is 9.90. The number of fused-ring (bicyclic) bond motifs is 1. The van der Waals surface area contributed by atoms with Crippen LogP contribution >= 0.6 is 0 Å². The number of morpholine rings is 1. The van der Waals surface area contributed by atoms with Crippen molar-refractivity contribution in [3.8, 4) is 16.8 Å². The molecule has 1 saturated heterocycles. The van der Waals surface area contributed by atoms with Crippen LogP contribution in [-0.2, 0) is 20.9 Å². The van der Waals surface area contributed by atoms with Crippen LogP contribution in [0.4, 0.5) is 10.1 Å². The maximum Gasteiger partial charge on any atom is 0.265 e. The number of hydrogen-bond donors (Lipinski definition) is 1. The summed E-state index contributed by atoms with van der Waals surface area (Å²) >= 11 is 0. The van der Waals surface area contributed by atoms with Gasteiger partial charge in [-0.1, -0.05) is 12.1 Å². The quantitative estimate of drug-likeness (QED) is 0.391. The van der Waals surface area contributed by atoms with Gasteiger partial charge in [0.1, 0.15) is 17.7 Å². The van der Waals surface area contributed by atoms with Gasteiger partial charge in [-0.25, -0.2) is 9.37 Å². The van der Waals surface area contributed by atoms with Crippen LogP contribution in [0.15, 0.2) is 66.0 Å².